The van der Waals surface area contributed by atoms with Crippen LogP contribution in [0.3, 0.4) is 0 Å². The number of aromatic nitrogens is 2. The van der Waals surface area contributed by atoms with Crippen molar-refractivity contribution in [3.63, 3.8) is 0 Å². The number of hydrogen-bond acceptors (Lipinski definition) is 7. The van der Waals surface area contributed by atoms with Gasteiger partial charge < -0.3 is 9.84 Å². The van der Waals surface area contributed by atoms with Crippen LogP contribution in [0.15, 0.2) is 75.0 Å². The van der Waals surface area contributed by atoms with E-state index in [2.05, 4.69) is 26.0 Å². The molecule has 0 fully saturated rings. The van der Waals surface area contributed by atoms with E-state index >= 15 is 0 Å². The number of hydrogen-bond donors (Lipinski definition) is 1. The molecule has 0 radical (unpaired) electrons. The van der Waals surface area contributed by atoms with Crippen LogP contribution in [0.25, 0.3) is 10.9 Å². The lowest BCUT2D eigenvalue weighted by atomic mass is 10.1. The highest BCUT2D eigenvalue weighted by atomic mass is 79.9. The summed E-state index contributed by atoms with van der Waals surface area (Å²) in [6.45, 7) is 1.72. The number of carboxylic acids is 1. The molecule has 0 atom stereocenters. The van der Waals surface area contributed by atoms with Gasteiger partial charge in [0.1, 0.15) is 18.2 Å². The first-order valence-electron chi connectivity index (χ1n) is 10.2. The van der Waals surface area contributed by atoms with Crippen molar-refractivity contribution < 1.29 is 19.6 Å². The molecule has 0 aliphatic carbocycles. The first kappa shape index (κ1) is 23.8. The highest BCUT2D eigenvalue weighted by Crippen LogP contribution is 2.24. The van der Waals surface area contributed by atoms with Crippen molar-refractivity contribution in [3.8, 4) is 5.75 Å². The van der Waals surface area contributed by atoms with E-state index in [4.69, 9.17) is 9.84 Å². The number of carboxylic acid groups (broad SMARTS) is 1. The third-order valence-electron chi connectivity index (χ3n) is 5.08. The maximum atomic E-state index is 13.0. The molecule has 4 aromatic rings. The second-order valence-electron chi connectivity index (χ2n) is 7.45. The maximum Gasteiger partial charge on any atom is 0.335 e. The van der Waals surface area contributed by atoms with Crippen LogP contribution in [0, 0.1) is 17.0 Å². The number of halogens is 1. The van der Waals surface area contributed by atoms with E-state index < -0.39 is 16.5 Å². The first-order valence-corrected chi connectivity index (χ1v) is 11.0. The molecule has 0 bridgehead atoms. The third kappa shape index (κ3) is 5.25. The molecule has 3 aromatic carbocycles. The summed E-state index contributed by atoms with van der Waals surface area (Å²) in [5.74, 6) is -0.399. The lowest BCUT2D eigenvalue weighted by Gasteiger charge is -2.10. The van der Waals surface area contributed by atoms with Crippen LogP contribution in [0.5, 0.6) is 5.75 Å². The number of non-ortho nitro benzene ring substituents is 1. The van der Waals surface area contributed by atoms with Crippen LogP contribution >= 0.6 is 15.9 Å². The highest BCUT2D eigenvalue weighted by molar-refractivity contribution is 9.10. The number of nitrogens with zero attached hydrogens (tertiary/aromatic N) is 4. The number of nitro benzene ring substituents is 1. The van der Waals surface area contributed by atoms with Crippen molar-refractivity contribution in [1.82, 2.24) is 9.66 Å². The number of fused-ring (bicyclic) bond motifs is 1. The van der Waals surface area contributed by atoms with Crippen molar-refractivity contribution in [1.29, 1.82) is 0 Å². The van der Waals surface area contributed by atoms with E-state index in [0.717, 1.165) is 4.68 Å². The van der Waals surface area contributed by atoms with Crippen molar-refractivity contribution in [2.75, 3.05) is 0 Å². The van der Waals surface area contributed by atoms with Gasteiger partial charge in [-0.15, -0.1) is 0 Å². The van der Waals surface area contributed by atoms with Gasteiger partial charge in [0.15, 0.2) is 0 Å². The number of nitro groups is 1. The van der Waals surface area contributed by atoms with Crippen molar-refractivity contribution in [2.24, 2.45) is 5.10 Å². The summed E-state index contributed by atoms with van der Waals surface area (Å²) in [4.78, 5) is 39.1. The predicted molar refractivity (Wildman–Crippen MR) is 132 cm³/mol. The Morgan fingerprint density at radius 2 is 1.94 bits per heavy atom. The fraction of sp³-hybridized carbons (Fsp3) is 0.0833. The van der Waals surface area contributed by atoms with Gasteiger partial charge in [-0.05, 0) is 48.9 Å². The SMILES string of the molecule is Cc1nc2ccc(Br)cc2c(=O)n1N=Cc1cc([N+](=O)[O-])ccc1OCc1ccc(C(=O)O)cc1. The van der Waals surface area contributed by atoms with Crippen molar-refractivity contribution in [3.05, 3.63) is 108 Å². The van der Waals surface area contributed by atoms with E-state index in [1.807, 2.05) is 0 Å². The van der Waals surface area contributed by atoms with E-state index in [1.54, 1.807) is 37.3 Å². The van der Waals surface area contributed by atoms with Gasteiger partial charge in [0.05, 0.1) is 27.6 Å². The highest BCUT2D eigenvalue weighted by Gasteiger charge is 2.13. The summed E-state index contributed by atoms with van der Waals surface area (Å²) in [5.41, 5.74) is 1.09. The summed E-state index contributed by atoms with van der Waals surface area (Å²) < 4.78 is 7.65. The number of benzene rings is 3. The van der Waals surface area contributed by atoms with Crippen LogP contribution in [0.2, 0.25) is 0 Å². The molecule has 35 heavy (non-hydrogen) atoms. The van der Waals surface area contributed by atoms with Crippen LogP contribution in [0.1, 0.15) is 27.3 Å². The normalized spacial score (nSPS) is 11.1. The monoisotopic (exact) mass is 536 g/mol. The van der Waals surface area contributed by atoms with Crippen molar-refractivity contribution in [2.45, 2.75) is 13.5 Å². The minimum absolute atomic E-state index is 0.0864. The average molecular weight is 537 g/mol. The molecule has 0 saturated heterocycles. The molecule has 0 aliphatic heterocycles. The molecule has 4 rings (SSSR count). The second kappa shape index (κ2) is 9.85. The largest absolute Gasteiger partial charge is 0.488 e. The minimum atomic E-state index is -1.03. The Bertz CT molecular complexity index is 1550. The molecule has 0 amide bonds. The summed E-state index contributed by atoms with van der Waals surface area (Å²) in [7, 11) is 0. The van der Waals surface area contributed by atoms with Crippen LogP contribution in [0.4, 0.5) is 5.69 Å². The molecule has 1 aromatic heterocycles. The summed E-state index contributed by atoms with van der Waals surface area (Å²) in [6, 6.07) is 15.3. The van der Waals surface area contributed by atoms with Gasteiger partial charge in [-0.25, -0.2) is 9.78 Å². The minimum Gasteiger partial charge on any atom is -0.488 e. The lowest BCUT2D eigenvalue weighted by Crippen LogP contribution is -2.20. The topological polar surface area (TPSA) is 137 Å². The Labute approximate surface area is 206 Å². The van der Waals surface area contributed by atoms with Gasteiger partial charge in [0.25, 0.3) is 11.2 Å². The maximum absolute atomic E-state index is 13.0. The van der Waals surface area contributed by atoms with E-state index in [-0.39, 0.29) is 23.4 Å². The molecule has 1 heterocycles. The van der Waals surface area contributed by atoms with Crippen LogP contribution in [-0.4, -0.2) is 31.9 Å². The average Bonchev–Trinajstić information content (AvgIpc) is 2.83. The number of aryl methyl sites for hydroxylation is 1. The molecular formula is C24H17BrN4O6. The Morgan fingerprint density at radius 1 is 1.20 bits per heavy atom. The van der Waals surface area contributed by atoms with Gasteiger partial charge in [0.2, 0.25) is 0 Å². The standard InChI is InChI=1S/C24H17BrN4O6/c1-14-27-21-8-6-18(25)11-20(21)23(30)28(14)26-12-17-10-19(29(33)34)7-9-22(17)35-13-15-2-4-16(5-3-15)24(31)32/h2-12H,13H2,1H3,(H,31,32). The molecule has 11 heteroatoms. The molecule has 10 nitrogen and oxygen atoms in total. The zero-order valence-electron chi connectivity index (χ0n) is 18.2. The zero-order chi connectivity index (χ0) is 25.1. The van der Waals surface area contributed by atoms with E-state index in [0.29, 0.717) is 32.5 Å². The Morgan fingerprint density at radius 3 is 2.63 bits per heavy atom. The van der Waals surface area contributed by atoms with Crippen LogP contribution in [-0.2, 0) is 6.61 Å². The van der Waals surface area contributed by atoms with Gasteiger partial charge in [-0.3, -0.25) is 14.9 Å². The van der Waals surface area contributed by atoms with Gasteiger partial charge >= 0.3 is 5.97 Å². The third-order valence-corrected chi connectivity index (χ3v) is 5.58. The Balaban J connectivity index is 1.68. The molecule has 0 spiro atoms. The number of ether oxygens (including phenoxy) is 1. The summed E-state index contributed by atoms with van der Waals surface area (Å²) >= 11 is 3.34. The smallest absolute Gasteiger partial charge is 0.335 e. The molecule has 176 valence electrons. The fourth-order valence-corrected chi connectivity index (χ4v) is 3.66. The molecular weight excluding hydrogens is 520 g/mol. The number of carbonyl (C=O) groups is 1. The zero-order valence-corrected chi connectivity index (χ0v) is 19.8. The Hall–Kier alpha value is -4.38. The van der Waals surface area contributed by atoms with Crippen molar-refractivity contribution >= 4 is 44.7 Å². The second-order valence-corrected chi connectivity index (χ2v) is 8.37. The van der Waals surface area contributed by atoms with Gasteiger partial charge in [0, 0.05) is 22.2 Å². The first-order chi connectivity index (χ1) is 16.7. The summed E-state index contributed by atoms with van der Waals surface area (Å²) in [6.07, 6.45) is 1.30. The summed E-state index contributed by atoms with van der Waals surface area (Å²) in [5, 5.41) is 24.9. The Kier molecular flexibility index (Phi) is 6.69. The quantitative estimate of drug-likeness (QED) is 0.208. The lowest BCUT2D eigenvalue weighted by molar-refractivity contribution is -0.384. The van der Waals surface area contributed by atoms with E-state index in [9.17, 15) is 19.7 Å². The number of rotatable bonds is 7. The fourth-order valence-electron chi connectivity index (χ4n) is 3.30. The predicted octanol–water partition coefficient (Wildman–Crippen LogP) is 4.54. The molecule has 0 saturated carbocycles. The molecule has 0 aliphatic rings. The number of aromatic carboxylic acids is 1. The molecule has 0 unspecified atom stereocenters. The van der Waals surface area contributed by atoms with E-state index in [1.165, 1.54) is 36.5 Å². The van der Waals surface area contributed by atoms with Gasteiger partial charge in [-0.1, -0.05) is 28.1 Å². The van der Waals surface area contributed by atoms with Gasteiger partial charge in [-0.2, -0.15) is 9.78 Å². The molecule has 1 N–H and O–H groups in total. The van der Waals surface area contributed by atoms with Crippen LogP contribution < -0.4 is 10.3 Å².